The molecule has 84 valence electrons. The van der Waals surface area contributed by atoms with Crippen molar-refractivity contribution in [3.05, 3.63) is 35.8 Å². The number of hydroxylamine groups is 2. The standard InChI is InChI=1S/C11H13N3O2/c1-8-5-4-6-10-12-9(7-14(8)10)11(15)13(2)16-3/h4-7H,1-3H3. The van der Waals surface area contributed by atoms with Crippen LogP contribution in [0.3, 0.4) is 0 Å². The minimum Gasteiger partial charge on any atom is -0.304 e. The van der Waals surface area contributed by atoms with Crippen LogP contribution in [0.1, 0.15) is 16.2 Å². The highest BCUT2D eigenvalue weighted by Crippen LogP contribution is 2.09. The quantitative estimate of drug-likeness (QED) is 0.715. The number of aryl methyl sites for hydroxylation is 1. The molecular weight excluding hydrogens is 206 g/mol. The Morgan fingerprint density at radius 1 is 1.50 bits per heavy atom. The second-order valence-corrected chi connectivity index (χ2v) is 3.51. The van der Waals surface area contributed by atoms with Gasteiger partial charge in [0.1, 0.15) is 11.3 Å². The summed E-state index contributed by atoms with van der Waals surface area (Å²) in [5.41, 5.74) is 2.16. The maximum Gasteiger partial charge on any atom is 0.297 e. The van der Waals surface area contributed by atoms with Crippen LogP contribution < -0.4 is 0 Å². The molecule has 5 heteroatoms. The number of pyridine rings is 1. The number of amides is 1. The molecule has 2 aromatic heterocycles. The lowest BCUT2D eigenvalue weighted by Crippen LogP contribution is -2.25. The first kappa shape index (κ1) is 10.6. The van der Waals surface area contributed by atoms with Gasteiger partial charge in [-0.1, -0.05) is 6.07 Å². The Morgan fingerprint density at radius 2 is 2.25 bits per heavy atom. The van der Waals surface area contributed by atoms with Crippen LogP contribution in [-0.2, 0) is 4.84 Å². The van der Waals surface area contributed by atoms with Crippen molar-refractivity contribution in [1.82, 2.24) is 14.4 Å². The van der Waals surface area contributed by atoms with Crippen LogP contribution in [0.4, 0.5) is 0 Å². The average Bonchev–Trinajstić information content (AvgIpc) is 2.72. The van der Waals surface area contributed by atoms with Gasteiger partial charge in [-0.25, -0.2) is 10.0 Å². The fraction of sp³-hybridized carbons (Fsp3) is 0.273. The van der Waals surface area contributed by atoms with Gasteiger partial charge < -0.3 is 4.40 Å². The summed E-state index contributed by atoms with van der Waals surface area (Å²) in [6.07, 6.45) is 1.71. The molecule has 0 saturated carbocycles. The van der Waals surface area contributed by atoms with E-state index in [0.717, 1.165) is 16.4 Å². The molecular formula is C11H13N3O2. The highest BCUT2D eigenvalue weighted by molar-refractivity contribution is 5.92. The van der Waals surface area contributed by atoms with E-state index >= 15 is 0 Å². The van der Waals surface area contributed by atoms with E-state index in [-0.39, 0.29) is 5.91 Å². The van der Waals surface area contributed by atoms with Crippen molar-refractivity contribution in [2.24, 2.45) is 0 Å². The molecule has 1 amide bonds. The monoisotopic (exact) mass is 219 g/mol. The largest absolute Gasteiger partial charge is 0.304 e. The second-order valence-electron chi connectivity index (χ2n) is 3.51. The molecule has 0 fully saturated rings. The maximum absolute atomic E-state index is 11.8. The lowest BCUT2D eigenvalue weighted by atomic mass is 10.4. The number of aromatic nitrogens is 2. The summed E-state index contributed by atoms with van der Waals surface area (Å²) in [5, 5.41) is 1.15. The van der Waals surface area contributed by atoms with Crippen molar-refractivity contribution in [3.8, 4) is 0 Å². The Labute approximate surface area is 93.2 Å². The van der Waals surface area contributed by atoms with Gasteiger partial charge in [-0.05, 0) is 19.1 Å². The van der Waals surface area contributed by atoms with Crippen molar-refractivity contribution >= 4 is 11.6 Å². The van der Waals surface area contributed by atoms with E-state index in [1.54, 1.807) is 13.2 Å². The molecule has 16 heavy (non-hydrogen) atoms. The average molecular weight is 219 g/mol. The third kappa shape index (κ3) is 1.65. The van der Waals surface area contributed by atoms with E-state index < -0.39 is 0 Å². The first-order valence-corrected chi connectivity index (χ1v) is 4.90. The van der Waals surface area contributed by atoms with Crippen molar-refractivity contribution in [2.75, 3.05) is 14.2 Å². The summed E-state index contributed by atoms with van der Waals surface area (Å²) >= 11 is 0. The zero-order chi connectivity index (χ0) is 11.7. The number of carbonyl (C=O) groups is 1. The minimum absolute atomic E-state index is 0.259. The molecule has 0 bridgehead atoms. The summed E-state index contributed by atoms with van der Waals surface area (Å²) in [6.45, 7) is 1.96. The first-order chi connectivity index (χ1) is 7.63. The van der Waals surface area contributed by atoms with E-state index in [4.69, 9.17) is 4.84 Å². The Hall–Kier alpha value is -1.88. The SMILES string of the molecule is CON(C)C(=O)c1cn2c(C)cccc2n1. The number of hydrogen-bond acceptors (Lipinski definition) is 3. The van der Waals surface area contributed by atoms with Gasteiger partial charge in [-0.3, -0.25) is 9.63 Å². The van der Waals surface area contributed by atoms with Crippen LogP contribution in [0.2, 0.25) is 0 Å². The van der Waals surface area contributed by atoms with Gasteiger partial charge in [0.2, 0.25) is 0 Å². The van der Waals surface area contributed by atoms with Gasteiger partial charge in [0.25, 0.3) is 5.91 Å². The molecule has 0 N–H and O–H groups in total. The van der Waals surface area contributed by atoms with Crippen molar-refractivity contribution in [1.29, 1.82) is 0 Å². The molecule has 2 rings (SSSR count). The Morgan fingerprint density at radius 3 is 2.88 bits per heavy atom. The summed E-state index contributed by atoms with van der Waals surface area (Å²) in [7, 11) is 3.00. The first-order valence-electron chi connectivity index (χ1n) is 4.90. The Bertz CT molecular complexity index is 533. The molecule has 0 aliphatic carbocycles. The molecule has 0 unspecified atom stereocenters. The predicted molar refractivity (Wildman–Crippen MR) is 59.0 cm³/mol. The third-order valence-corrected chi connectivity index (χ3v) is 2.47. The number of hydrogen-bond donors (Lipinski definition) is 0. The van der Waals surface area contributed by atoms with E-state index in [2.05, 4.69) is 4.98 Å². The number of fused-ring (bicyclic) bond motifs is 1. The van der Waals surface area contributed by atoms with Gasteiger partial charge in [0.05, 0.1) is 7.11 Å². The summed E-state index contributed by atoms with van der Waals surface area (Å²) in [5.74, 6) is -0.259. The van der Waals surface area contributed by atoms with Crippen molar-refractivity contribution < 1.29 is 9.63 Å². The molecule has 0 aromatic carbocycles. The van der Waals surface area contributed by atoms with Gasteiger partial charge >= 0.3 is 0 Å². The van der Waals surface area contributed by atoms with Crippen LogP contribution in [0.5, 0.6) is 0 Å². The molecule has 2 heterocycles. The second kappa shape index (κ2) is 3.94. The molecule has 5 nitrogen and oxygen atoms in total. The highest BCUT2D eigenvalue weighted by Gasteiger charge is 2.15. The summed E-state index contributed by atoms with van der Waals surface area (Å²) in [6, 6.07) is 5.73. The van der Waals surface area contributed by atoms with Crippen molar-refractivity contribution in [2.45, 2.75) is 6.92 Å². The van der Waals surface area contributed by atoms with Crippen LogP contribution in [0, 0.1) is 6.92 Å². The fourth-order valence-corrected chi connectivity index (χ4v) is 1.50. The molecule has 0 aliphatic rings. The zero-order valence-corrected chi connectivity index (χ0v) is 9.47. The summed E-state index contributed by atoms with van der Waals surface area (Å²) < 4.78 is 1.87. The molecule has 0 aliphatic heterocycles. The lowest BCUT2D eigenvalue weighted by Gasteiger charge is -2.10. The van der Waals surface area contributed by atoms with Crippen LogP contribution >= 0.6 is 0 Å². The minimum atomic E-state index is -0.259. The number of nitrogens with zero attached hydrogens (tertiary/aromatic N) is 3. The van der Waals surface area contributed by atoms with Gasteiger partial charge in [-0.15, -0.1) is 0 Å². The predicted octanol–water partition coefficient (Wildman–Crippen LogP) is 1.28. The van der Waals surface area contributed by atoms with Crippen LogP contribution in [0.25, 0.3) is 5.65 Å². The summed E-state index contributed by atoms with van der Waals surface area (Å²) in [4.78, 5) is 20.8. The number of carbonyl (C=O) groups excluding carboxylic acids is 1. The van der Waals surface area contributed by atoms with Gasteiger partial charge in [0.15, 0.2) is 0 Å². The van der Waals surface area contributed by atoms with E-state index in [1.165, 1.54) is 7.11 Å². The van der Waals surface area contributed by atoms with Gasteiger partial charge in [0, 0.05) is 18.9 Å². The molecule has 0 spiro atoms. The van der Waals surface area contributed by atoms with Crippen molar-refractivity contribution in [3.63, 3.8) is 0 Å². The maximum atomic E-state index is 11.8. The topological polar surface area (TPSA) is 46.8 Å². The third-order valence-electron chi connectivity index (χ3n) is 2.47. The fourth-order valence-electron chi connectivity index (χ4n) is 1.50. The van der Waals surface area contributed by atoms with E-state index in [1.807, 2.05) is 29.5 Å². The molecule has 2 aromatic rings. The van der Waals surface area contributed by atoms with Crippen LogP contribution in [0.15, 0.2) is 24.4 Å². The number of rotatable bonds is 2. The van der Waals surface area contributed by atoms with Crippen LogP contribution in [-0.4, -0.2) is 34.5 Å². The normalized spacial score (nSPS) is 10.7. The lowest BCUT2D eigenvalue weighted by molar-refractivity contribution is -0.0760. The van der Waals surface area contributed by atoms with E-state index in [0.29, 0.717) is 5.69 Å². The molecule has 0 radical (unpaired) electrons. The van der Waals surface area contributed by atoms with E-state index in [9.17, 15) is 4.79 Å². The number of imidazole rings is 1. The molecule has 0 saturated heterocycles. The smallest absolute Gasteiger partial charge is 0.297 e. The Kier molecular flexibility index (Phi) is 2.62. The van der Waals surface area contributed by atoms with Gasteiger partial charge in [-0.2, -0.15) is 0 Å². The Balaban J connectivity index is 2.48. The highest BCUT2D eigenvalue weighted by atomic mass is 16.7. The molecule has 0 atom stereocenters. The zero-order valence-electron chi connectivity index (χ0n) is 9.47.